The lowest BCUT2D eigenvalue weighted by atomic mass is 10.1. The third-order valence-electron chi connectivity index (χ3n) is 5.46. The first-order valence-electron chi connectivity index (χ1n) is 9.81. The molecule has 0 radical (unpaired) electrons. The minimum absolute atomic E-state index is 0.0310. The van der Waals surface area contributed by atoms with E-state index in [0.29, 0.717) is 18.1 Å². The number of carbonyl (C=O) groups is 2. The minimum atomic E-state index is -0.319. The Morgan fingerprint density at radius 3 is 2.72 bits per heavy atom. The molecule has 1 fully saturated rings. The van der Waals surface area contributed by atoms with Crippen molar-refractivity contribution in [2.75, 3.05) is 18.4 Å². The van der Waals surface area contributed by atoms with Gasteiger partial charge in [-0.1, -0.05) is 17.7 Å². The first-order valence-corrected chi connectivity index (χ1v) is 10.2. The fourth-order valence-corrected chi connectivity index (χ4v) is 4.24. The van der Waals surface area contributed by atoms with Crippen molar-refractivity contribution in [1.29, 1.82) is 0 Å². The molecule has 0 aliphatic carbocycles. The number of carbonyl (C=O) groups excluding carboxylic acids is 2. The molecule has 4 rings (SSSR count). The molecule has 2 aromatic carbocycles. The van der Waals surface area contributed by atoms with E-state index in [1.54, 1.807) is 4.90 Å². The second-order valence-corrected chi connectivity index (χ2v) is 8.30. The van der Waals surface area contributed by atoms with E-state index >= 15 is 0 Å². The molecule has 1 atom stereocenters. The van der Waals surface area contributed by atoms with Crippen molar-refractivity contribution >= 4 is 40.0 Å². The number of likely N-dealkylation sites (tertiary alicyclic amines) is 1. The van der Waals surface area contributed by atoms with Gasteiger partial charge in [0.1, 0.15) is 0 Å². The summed E-state index contributed by atoms with van der Waals surface area (Å²) in [5, 5.41) is 4.74. The number of aromatic amines is 1. The Hall–Kier alpha value is -2.79. The molecule has 1 aliphatic heterocycles. The van der Waals surface area contributed by atoms with Crippen molar-refractivity contribution in [2.24, 2.45) is 5.92 Å². The molecule has 0 bridgehead atoms. The van der Waals surface area contributed by atoms with Crippen LogP contribution in [0.15, 0.2) is 42.6 Å². The zero-order valence-electron chi connectivity index (χ0n) is 16.6. The molecular weight excluding hydrogens is 386 g/mol. The van der Waals surface area contributed by atoms with E-state index in [2.05, 4.69) is 16.4 Å². The molecular formula is C23H24ClN3O2. The smallest absolute Gasteiger partial charge is 0.229 e. The van der Waals surface area contributed by atoms with E-state index in [0.717, 1.165) is 39.7 Å². The number of rotatable bonds is 5. The van der Waals surface area contributed by atoms with Gasteiger partial charge < -0.3 is 15.2 Å². The number of hydrogen-bond donors (Lipinski definition) is 2. The highest BCUT2D eigenvalue weighted by molar-refractivity contribution is 6.31. The lowest BCUT2D eigenvalue weighted by Crippen LogP contribution is -2.30. The van der Waals surface area contributed by atoms with E-state index in [4.69, 9.17) is 11.6 Å². The minimum Gasteiger partial charge on any atom is -0.361 e. The number of benzene rings is 2. The van der Waals surface area contributed by atoms with Crippen molar-refractivity contribution in [3.05, 3.63) is 64.3 Å². The quantitative estimate of drug-likeness (QED) is 0.653. The van der Waals surface area contributed by atoms with Gasteiger partial charge >= 0.3 is 0 Å². The summed E-state index contributed by atoms with van der Waals surface area (Å²) in [6.07, 6.45) is 2.94. The second-order valence-electron chi connectivity index (χ2n) is 7.86. The first-order chi connectivity index (χ1) is 13.9. The summed E-state index contributed by atoms with van der Waals surface area (Å²) >= 11 is 6.12. The fraction of sp³-hybridized carbons (Fsp3) is 0.304. The Morgan fingerprint density at radius 2 is 1.97 bits per heavy atom. The van der Waals surface area contributed by atoms with Gasteiger partial charge in [-0.2, -0.15) is 0 Å². The molecule has 6 heteroatoms. The number of anilines is 1. The maximum atomic E-state index is 12.7. The largest absolute Gasteiger partial charge is 0.361 e. The van der Waals surface area contributed by atoms with Gasteiger partial charge in [0.25, 0.3) is 0 Å². The van der Waals surface area contributed by atoms with Gasteiger partial charge in [-0.3, -0.25) is 9.59 Å². The maximum absolute atomic E-state index is 12.7. The van der Waals surface area contributed by atoms with Crippen LogP contribution in [0.3, 0.4) is 0 Å². The van der Waals surface area contributed by atoms with E-state index in [9.17, 15) is 9.59 Å². The molecule has 29 heavy (non-hydrogen) atoms. The molecule has 0 unspecified atom stereocenters. The molecule has 0 saturated carbocycles. The highest BCUT2D eigenvalue weighted by Crippen LogP contribution is 2.25. The van der Waals surface area contributed by atoms with Gasteiger partial charge in [-0.25, -0.2) is 0 Å². The molecule has 2 heterocycles. The average molecular weight is 410 g/mol. The zero-order valence-corrected chi connectivity index (χ0v) is 17.3. The SMILES string of the molecule is Cc1cc(C)cc(NC(=O)[C@@H]2CC(=O)N(CCc3c[nH]c4ccc(Cl)cc34)C2)c1. The number of hydrogen-bond acceptors (Lipinski definition) is 2. The molecule has 0 spiro atoms. The third-order valence-corrected chi connectivity index (χ3v) is 5.69. The summed E-state index contributed by atoms with van der Waals surface area (Å²) in [5.74, 6) is -0.381. The van der Waals surface area contributed by atoms with Gasteiger partial charge in [0, 0.05) is 47.3 Å². The number of aromatic nitrogens is 1. The van der Waals surface area contributed by atoms with E-state index in [-0.39, 0.29) is 24.2 Å². The molecule has 5 nitrogen and oxygen atoms in total. The van der Waals surface area contributed by atoms with Crippen LogP contribution in [0.5, 0.6) is 0 Å². The van der Waals surface area contributed by atoms with Crippen molar-refractivity contribution in [3.63, 3.8) is 0 Å². The Morgan fingerprint density at radius 1 is 1.21 bits per heavy atom. The monoisotopic (exact) mass is 409 g/mol. The number of nitrogens with one attached hydrogen (secondary N) is 2. The predicted molar refractivity (Wildman–Crippen MR) is 116 cm³/mol. The Bertz CT molecular complexity index is 1070. The highest BCUT2D eigenvalue weighted by Gasteiger charge is 2.34. The van der Waals surface area contributed by atoms with Gasteiger partial charge in [-0.15, -0.1) is 0 Å². The number of H-pyrrole nitrogens is 1. The predicted octanol–water partition coefficient (Wildman–Crippen LogP) is 4.47. The Kier molecular flexibility index (Phi) is 5.33. The number of nitrogens with zero attached hydrogens (tertiary/aromatic N) is 1. The second kappa shape index (κ2) is 7.91. The fourth-order valence-electron chi connectivity index (χ4n) is 4.07. The van der Waals surface area contributed by atoms with Crippen LogP contribution in [-0.4, -0.2) is 34.8 Å². The van der Waals surface area contributed by atoms with Crippen LogP contribution < -0.4 is 5.32 Å². The van der Waals surface area contributed by atoms with Crippen molar-refractivity contribution in [2.45, 2.75) is 26.7 Å². The van der Waals surface area contributed by atoms with Gasteiger partial charge in [0.2, 0.25) is 11.8 Å². The van der Waals surface area contributed by atoms with Crippen LogP contribution in [0.2, 0.25) is 5.02 Å². The van der Waals surface area contributed by atoms with Gasteiger partial charge in [0.15, 0.2) is 0 Å². The van der Waals surface area contributed by atoms with Crippen molar-refractivity contribution in [1.82, 2.24) is 9.88 Å². The number of halogens is 1. The van der Waals surface area contributed by atoms with Crippen molar-refractivity contribution < 1.29 is 9.59 Å². The van der Waals surface area contributed by atoms with Gasteiger partial charge in [0.05, 0.1) is 5.92 Å². The maximum Gasteiger partial charge on any atom is 0.229 e. The van der Waals surface area contributed by atoms with Crippen LogP contribution in [0.1, 0.15) is 23.1 Å². The summed E-state index contributed by atoms with van der Waals surface area (Å²) < 4.78 is 0. The zero-order chi connectivity index (χ0) is 20.5. The number of fused-ring (bicyclic) bond motifs is 1. The summed E-state index contributed by atoms with van der Waals surface area (Å²) in [6, 6.07) is 11.7. The third kappa shape index (κ3) is 4.30. The molecule has 2 N–H and O–H groups in total. The van der Waals surface area contributed by atoms with Crippen LogP contribution in [0.25, 0.3) is 10.9 Å². The average Bonchev–Trinajstić information content (AvgIpc) is 3.22. The lowest BCUT2D eigenvalue weighted by molar-refractivity contribution is -0.128. The molecule has 1 aliphatic rings. The van der Waals surface area contributed by atoms with Crippen molar-refractivity contribution in [3.8, 4) is 0 Å². The van der Waals surface area contributed by atoms with Crippen LogP contribution in [0.4, 0.5) is 5.69 Å². The first kappa shape index (κ1) is 19.5. The van der Waals surface area contributed by atoms with Crippen LogP contribution in [0, 0.1) is 19.8 Å². The van der Waals surface area contributed by atoms with E-state index < -0.39 is 0 Å². The summed E-state index contributed by atoms with van der Waals surface area (Å²) in [4.78, 5) is 30.1. The topological polar surface area (TPSA) is 65.2 Å². The normalized spacial score (nSPS) is 16.6. The van der Waals surface area contributed by atoms with Crippen LogP contribution >= 0.6 is 11.6 Å². The van der Waals surface area contributed by atoms with E-state index in [1.807, 2.05) is 50.4 Å². The number of aryl methyl sites for hydroxylation is 2. The molecule has 2 amide bonds. The summed E-state index contributed by atoms with van der Waals surface area (Å²) in [6.45, 7) is 5.05. The summed E-state index contributed by atoms with van der Waals surface area (Å²) in [7, 11) is 0. The molecule has 3 aromatic rings. The molecule has 1 saturated heterocycles. The Balaban J connectivity index is 1.38. The van der Waals surface area contributed by atoms with Crippen LogP contribution in [-0.2, 0) is 16.0 Å². The lowest BCUT2D eigenvalue weighted by Gasteiger charge is -2.16. The van der Waals surface area contributed by atoms with Gasteiger partial charge in [-0.05, 0) is 67.3 Å². The molecule has 150 valence electrons. The van der Waals surface area contributed by atoms with E-state index in [1.165, 1.54) is 0 Å². The molecule has 1 aromatic heterocycles. The number of amides is 2. The highest BCUT2D eigenvalue weighted by atomic mass is 35.5. The Labute approximate surface area is 175 Å². The summed E-state index contributed by atoms with van der Waals surface area (Å²) in [5.41, 5.74) is 5.14. The standard InChI is InChI=1S/C23H24ClN3O2/c1-14-7-15(2)9-19(8-14)26-23(29)17-10-22(28)27(13-17)6-5-16-12-25-21-4-3-18(24)11-20(16)21/h3-4,7-9,11-12,17,25H,5-6,10,13H2,1-2H3,(H,26,29)/t17-/m1/s1.